The zero-order chi connectivity index (χ0) is 15.8. The normalized spacial score (nSPS) is 14.5. The molecule has 0 saturated heterocycles. The molecule has 1 unspecified atom stereocenters. The van der Waals surface area contributed by atoms with Gasteiger partial charge in [-0.25, -0.2) is 18.1 Å². The fourth-order valence-corrected chi connectivity index (χ4v) is 3.21. The smallest absolute Gasteiger partial charge is 0.260 e. The van der Waals surface area contributed by atoms with Crippen molar-refractivity contribution in [3.05, 3.63) is 24.4 Å². The third-order valence-corrected chi connectivity index (χ3v) is 5.29. The third-order valence-electron chi connectivity index (χ3n) is 3.82. The fraction of sp³-hybridized carbons (Fsp3) is 0.500. The molecule has 0 aromatic carbocycles. The van der Waals surface area contributed by atoms with Crippen LogP contribution in [0.15, 0.2) is 29.4 Å². The molecule has 0 spiro atoms. The maximum absolute atomic E-state index is 12.5. The summed E-state index contributed by atoms with van der Waals surface area (Å²) in [6.07, 6.45) is 1.64. The van der Waals surface area contributed by atoms with Crippen molar-refractivity contribution >= 4 is 21.5 Å². The molecule has 0 bridgehead atoms. The zero-order valence-electron chi connectivity index (χ0n) is 12.8. The van der Waals surface area contributed by atoms with E-state index in [1.807, 2.05) is 6.92 Å². The van der Waals surface area contributed by atoms with Crippen molar-refractivity contribution in [2.24, 2.45) is 11.3 Å². The molecule has 0 aliphatic rings. The van der Waals surface area contributed by atoms with Crippen LogP contribution in [0, 0.1) is 11.3 Å². The monoisotopic (exact) mass is 310 g/mol. The van der Waals surface area contributed by atoms with Crippen LogP contribution in [0.5, 0.6) is 0 Å². The summed E-state index contributed by atoms with van der Waals surface area (Å²) in [6.45, 7) is 8.60. The Kier molecular flexibility index (Phi) is 3.99. The Bertz CT molecular complexity index is 744. The van der Waals surface area contributed by atoms with E-state index in [9.17, 15) is 8.42 Å². The summed E-state index contributed by atoms with van der Waals surface area (Å²) in [5, 5.41) is -0.000732. The van der Waals surface area contributed by atoms with Crippen LogP contribution in [0.4, 0.5) is 5.82 Å². The van der Waals surface area contributed by atoms with E-state index in [4.69, 9.17) is 5.73 Å². The van der Waals surface area contributed by atoms with Gasteiger partial charge in [-0.15, -0.1) is 0 Å². The minimum atomic E-state index is -3.70. The van der Waals surface area contributed by atoms with Gasteiger partial charge in [-0.3, -0.25) is 4.40 Å². The van der Waals surface area contributed by atoms with Gasteiger partial charge < -0.3 is 5.73 Å². The molecule has 2 aromatic rings. The Morgan fingerprint density at radius 2 is 2.05 bits per heavy atom. The fourth-order valence-electron chi connectivity index (χ4n) is 1.87. The molecule has 0 fully saturated rings. The van der Waals surface area contributed by atoms with Gasteiger partial charge in [0.25, 0.3) is 10.0 Å². The molecule has 6 nitrogen and oxygen atoms in total. The molecule has 116 valence electrons. The topological polar surface area (TPSA) is 89.5 Å². The highest BCUT2D eigenvalue weighted by Crippen LogP contribution is 2.25. The number of nitrogens with two attached hydrogens (primary N) is 1. The second-order valence-electron chi connectivity index (χ2n) is 6.35. The molecule has 0 aliphatic heterocycles. The van der Waals surface area contributed by atoms with Crippen LogP contribution in [0.3, 0.4) is 0 Å². The lowest BCUT2D eigenvalue weighted by Crippen LogP contribution is -2.34. The summed E-state index contributed by atoms with van der Waals surface area (Å²) in [7, 11) is -3.70. The first kappa shape index (κ1) is 15.8. The second kappa shape index (κ2) is 5.31. The van der Waals surface area contributed by atoms with E-state index in [0.29, 0.717) is 12.2 Å². The van der Waals surface area contributed by atoms with E-state index in [0.717, 1.165) is 0 Å². The van der Waals surface area contributed by atoms with Gasteiger partial charge in [-0.2, -0.15) is 0 Å². The Hall–Kier alpha value is -1.60. The predicted octanol–water partition coefficient (Wildman–Crippen LogP) is 1.88. The predicted molar refractivity (Wildman–Crippen MR) is 83.4 cm³/mol. The largest absolute Gasteiger partial charge is 0.381 e. The molecule has 1 atom stereocenters. The number of rotatable bonds is 4. The number of pyridine rings is 1. The van der Waals surface area contributed by atoms with Crippen LogP contribution in [-0.2, 0) is 10.0 Å². The molecule has 2 heterocycles. The number of aromatic nitrogens is 2. The Morgan fingerprint density at radius 1 is 1.38 bits per heavy atom. The van der Waals surface area contributed by atoms with Gasteiger partial charge in [0.05, 0.1) is 0 Å². The van der Waals surface area contributed by atoms with Crippen molar-refractivity contribution in [1.82, 2.24) is 14.1 Å². The number of nitrogens with zero attached hydrogens (tertiary/aromatic N) is 2. The Labute approximate surface area is 125 Å². The SMILES string of the molecule is CC(CNS(=O)(=O)c1c(N)nc2ccccn12)C(C)(C)C. The highest BCUT2D eigenvalue weighted by Gasteiger charge is 2.26. The number of anilines is 1. The molecule has 2 rings (SSSR count). The molecular weight excluding hydrogens is 288 g/mol. The second-order valence-corrected chi connectivity index (χ2v) is 8.03. The number of sulfonamides is 1. The van der Waals surface area contributed by atoms with Gasteiger partial charge >= 0.3 is 0 Å². The molecular formula is C14H22N4O2S. The van der Waals surface area contributed by atoms with Crippen LogP contribution in [0.2, 0.25) is 0 Å². The van der Waals surface area contributed by atoms with Crippen molar-refractivity contribution in [1.29, 1.82) is 0 Å². The average molecular weight is 310 g/mol. The van der Waals surface area contributed by atoms with Crippen LogP contribution in [0.25, 0.3) is 5.65 Å². The number of hydrogen-bond donors (Lipinski definition) is 2. The van der Waals surface area contributed by atoms with Crippen LogP contribution < -0.4 is 10.5 Å². The number of nitrogen functional groups attached to an aromatic ring is 1. The van der Waals surface area contributed by atoms with Crippen molar-refractivity contribution < 1.29 is 8.42 Å². The lowest BCUT2D eigenvalue weighted by Gasteiger charge is -2.27. The molecule has 0 amide bonds. The average Bonchev–Trinajstić information content (AvgIpc) is 2.71. The summed E-state index contributed by atoms with van der Waals surface area (Å²) >= 11 is 0. The highest BCUT2D eigenvalue weighted by molar-refractivity contribution is 7.89. The maximum Gasteiger partial charge on any atom is 0.260 e. The van der Waals surface area contributed by atoms with Gasteiger partial charge in [0.2, 0.25) is 0 Å². The highest BCUT2D eigenvalue weighted by atomic mass is 32.2. The van der Waals surface area contributed by atoms with E-state index >= 15 is 0 Å². The summed E-state index contributed by atoms with van der Waals surface area (Å²) < 4.78 is 29.1. The van der Waals surface area contributed by atoms with E-state index in [-0.39, 0.29) is 22.2 Å². The van der Waals surface area contributed by atoms with Crippen molar-refractivity contribution in [3.8, 4) is 0 Å². The van der Waals surface area contributed by atoms with Gasteiger partial charge in [0.1, 0.15) is 5.65 Å². The van der Waals surface area contributed by atoms with Crippen LogP contribution in [-0.4, -0.2) is 24.3 Å². The molecule has 0 saturated carbocycles. The van der Waals surface area contributed by atoms with Gasteiger partial charge in [-0.1, -0.05) is 33.8 Å². The summed E-state index contributed by atoms with van der Waals surface area (Å²) in [5.74, 6) is 0.199. The van der Waals surface area contributed by atoms with Crippen LogP contribution in [0.1, 0.15) is 27.7 Å². The zero-order valence-corrected chi connectivity index (χ0v) is 13.6. The maximum atomic E-state index is 12.5. The van der Waals surface area contributed by atoms with Gasteiger partial charge in [0.15, 0.2) is 10.8 Å². The van der Waals surface area contributed by atoms with E-state index in [1.54, 1.807) is 24.4 Å². The Balaban J connectivity index is 2.33. The minimum Gasteiger partial charge on any atom is -0.381 e. The standard InChI is InChI=1S/C14H22N4O2S/c1-10(14(2,3)4)9-16-21(19,20)13-12(15)17-11-7-5-6-8-18(11)13/h5-8,10,16H,9,15H2,1-4H3. The molecule has 2 aromatic heterocycles. The summed E-state index contributed by atoms with van der Waals surface area (Å²) in [6, 6.07) is 5.24. The quantitative estimate of drug-likeness (QED) is 0.902. The number of fused-ring (bicyclic) bond motifs is 1. The molecule has 21 heavy (non-hydrogen) atoms. The minimum absolute atomic E-state index is 0.000732. The van der Waals surface area contributed by atoms with Crippen molar-refractivity contribution in [3.63, 3.8) is 0 Å². The molecule has 7 heteroatoms. The number of hydrogen-bond acceptors (Lipinski definition) is 4. The van der Waals surface area contributed by atoms with Gasteiger partial charge in [0, 0.05) is 12.7 Å². The van der Waals surface area contributed by atoms with E-state index < -0.39 is 10.0 Å². The van der Waals surface area contributed by atoms with Crippen molar-refractivity contribution in [2.75, 3.05) is 12.3 Å². The summed E-state index contributed by atoms with van der Waals surface area (Å²) in [4.78, 5) is 4.08. The van der Waals surface area contributed by atoms with Crippen molar-refractivity contribution in [2.45, 2.75) is 32.7 Å². The first-order valence-electron chi connectivity index (χ1n) is 6.85. The first-order chi connectivity index (χ1) is 9.63. The number of nitrogens with one attached hydrogen (secondary N) is 1. The van der Waals surface area contributed by atoms with Gasteiger partial charge in [-0.05, 0) is 23.5 Å². The number of imidazole rings is 1. The van der Waals surface area contributed by atoms with Crippen LogP contribution >= 0.6 is 0 Å². The lowest BCUT2D eigenvalue weighted by molar-refractivity contribution is 0.263. The first-order valence-corrected chi connectivity index (χ1v) is 8.33. The third kappa shape index (κ3) is 3.19. The molecule has 3 N–H and O–H groups in total. The van der Waals surface area contributed by atoms with E-state index in [2.05, 4.69) is 30.5 Å². The summed E-state index contributed by atoms with van der Waals surface area (Å²) in [5.41, 5.74) is 6.32. The lowest BCUT2D eigenvalue weighted by atomic mass is 9.82. The Morgan fingerprint density at radius 3 is 2.67 bits per heavy atom. The molecule has 0 radical (unpaired) electrons. The van der Waals surface area contributed by atoms with E-state index in [1.165, 1.54) is 4.40 Å². The molecule has 0 aliphatic carbocycles.